The summed E-state index contributed by atoms with van der Waals surface area (Å²) in [5.74, 6) is 0.0152. The van der Waals surface area contributed by atoms with Crippen LogP contribution in [-0.2, 0) is 16.1 Å². The average molecular weight is 450 g/mol. The van der Waals surface area contributed by atoms with E-state index in [2.05, 4.69) is 0 Å². The standard InChI is InChI=1S/C25H20ClNO3S/c1-16-7-9-17(10-8-16)22-23(31-20-13-11-19(26)12-14-20)25(29)27(24(22)28)15-18-5-3-4-6-21(18)30-2/h3-14H,15H2,1-2H3. The SMILES string of the molecule is COc1ccccc1CN1C(=O)C(Sc2ccc(Cl)cc2)=C(c2ccc(C)cc2)C1=O. The van der Waals surface area contributed by atoms with Crippen LogP contribution in [0.4, 0.5) is 0 Å². The van der Waals surface area contributed by atoms with Gasteiger partial charge in [0.1, 0.15) is 5.75 Å². The highest BCUT2D eigenvalue weighted by atomic mass is 35.5. The van der Waals surface area contributed by atoms with Gasteiger partial charge in [-0.15, -0.1) is 0 Å². The van der Waals surface area contributed by atoms with Gasteiger partial charge in [-0.2, -0.15) is 0 Å². The number of carbonyl (C=O) groups excluding carboxylic acids is 2. The Morgan fingerprint density at radius 3 is 2.26 bits per heavy atom. The number of benzene rings is 3. The van der Waals surface area contributed by atoms with Gasteiger partial charge in [-0.25, -0.2) is 0 Å². The molecule has 6 heteroatoms. The Bertz CT molecular complexity index is 1170. The molecule has 0 atom stereocenters. The van der Waals surface area contributed by atoms with Crippen molar-refractivity contribution >= 4 is 40.8 Å². The summed E-state index contributed by atoms with van der Waals surface area (Å²) in [4.78, 5) is 29.4. The summed E-state index contributed by atoms with van der Waals surface area (Å²) in [5, 5.41) is 0.615. The third kappa shape index (κ3) is 4.38. The number of ether oxygens (including phenoxy) is 1. The van der Waals surface area contributed by atoms with Crippen molar-refractivity contribution in [3.63, 3.8) is 0 Å². The minimum atomic E-state index is -0.313. The Morgan fingerprint density at radius 2 is 1.58 bits per heavy atom. The van der Waals surface area contributed by atoms with E-state index in [0.29, 0.717) is 21.3 Å². The lowest BCUT2D eigenvalue weighted by Crippen LogP contribution is -2.31. The molecule has 0 radical (unpaired) electrons. The Kier molecular flexibility index (Phi) is 6.16. The predicted octanol–water partition coefficient (Wildman–Crippen LogP) is 5.73. The summed E-state index contributed by atoms with van der Waals surface area (Å²) in [7, 11) is 1.57. The zero-order chi connectivity index (χ0) is 22.0. The molecule has 0 saturated carbocycles. The molecular formula is C25H20ClNO3S. The van der Waals surface area contributed by atoms with Crippen molar-refractivity contribution in [1.29, 1.82) is 0 Å². The number of methoxy groups -OCH3 is 1. The third-order valence-electron chi connectivity index (χ3n) is 5.02. The van der Waals surface area contributed by atoms with Crippen molar-refractivity contribution in [3.8, 4) is 5.75 Å². The minimum Gasteiger partial charge on any atom is -0.496 e. The van der Waals surface area contributed by atoms with Gasteiger partial charge in [0.15, 0.2) is 0 Å². The van der Waals surface area contributed by atoms with E-state index in [1.54, 1.807) is 19.2 Å². The molecule has 0 saturated heterocycles. The summed E-state index contributed by atoms with van der Waals surface area (Å²) < 4.78 is 5.40. The molecule has 156 valence electrons. The van der Waals surface area contributed by atoms with Crippen molar-refractivity contribution in [2.75, 3.05) is 7.11 Å². The Hall–Kier alpha value is -3.02. The number of hydrogen-bond donors (Lipinski definition) is 0. The molecule has 4 rings (SSSR count). The molecule has 4 nitrogen and oxygen atoms in total. The van der Waals surface area contributed by atoms with Gasteiger partial charge in [-0.1, -0.05) is 71.4 Å². The number of para-hydroxylation sites is 1. The molecule has 0 spiro atoms. The lowest BCUT2D eigenvalue weighted by atomic mass is 10.0. The molecule has 0 N–H and O–H groups in total. The van der Waals surface area contributed by atoms with E-state index in [1.165, 1.54) is 16.7 Å². The fourth-order valence-electron chi connectivity index (χ4n) is 3.39. The highest BCUT2D eigenvalue weighted by molar-refractivity contribution is 8.04. The van der Waals surface area contributed by atoms with E-state index in [1.807, 2.05) is 67.6 Å². The summed E-state index contributed by atoms with van der Waals surface area (Å²) in [5.41, 5.74) is 2.99. The first kappa shape index (κ1) is 21.2. The normalized spacial score (nSPS) is 13.8. The summed E-state index contributed by atoms with van der Waals surface area (Å²) in [6, 6.07) is 22.2. The first-order chi connectivity index (χ1) is 15.0. The fraction of sp³-hybridized carbons (Fsp3) is 0.120. The van der Waals surface area contributed by atoms with Crippen LogP contribution in [0, 0.1) is 6.92 Å². The molecular weight excluding hydrogens is 430 g/mol. The molecule has 0 bridgehead atoms. The topological polar surface area (TPSA) is 46.6 Å². The van der Waals surface area contributed by atoms with Gasteiger partial charge in [-0.05, 0) is 42.8 Å². The van der Waals surface area contributed by atoms with Gasteiger partial charge in [0.05, 0.1) is 24.1 Å². The van der Waals surface area contributed by atoms with E-state index in [0.717, 1.165) is 21.6 Å². The van der Waals surface area contributed by atoms with Crippen molar-refractivity contribution in [2.45, 2.75) is 18.4 Å². The lowest BCUT2D eigenvalue weighted by Gasteiger charge is -2.17. The number of nitrogens with zero attached hydrogens (tertiary/aromatic N) is 1. The largest absolute Gasteiger partial charge is 0.496 e. The predicted molar refractivity (Wildman–Crippen MR) is 124 cm³/mol. The fourth-order valence-corrected chi connectivity index (χ4v) is 4.53. The molecule has 0 aliphatic carbocycles. The molecule has 3 aromatic carbocycles. The van der Waals surface area contributed by atoms with Crippen LogP contribution in [0.25, 0.3) is 5.57 Å². The van der Waals surface area contributed by atoms with E-state index >= 15 is 0 Å². The molecule has 3 aromatic rings. The zero-order valence-corrected chi connectivity index (χ0v) is 18.7. The van der Waals surface area contributed by atoms with E-state index in [4.69, 9.17) is 16.3 Å². The van der Waals surface area contributed by atoms with Gasteiger partial charge >= 0.3 is 0 Å². The van der Waals surface area contributed by atoms with Crippen LogP contribution in [0.3, 0.4) is 0 Å². The van der Waals surface area contributed by atoms with Crippen molar-refractivity contribution in [3.05, 3.63) is 99.4 Å². The van der Waals surface area contributed by atoms with Crippen LogP contribution < -0.4 is 4.74 Å². The Morgan fingerprint density at radius 1 is 0.903 bits per heavy atom. The number of rotatable bonds is 6. The highest BCUT2D eigenvalue weighted by Crippen LogP contribution is 2.41. The quantitative estimate of drug-likeness (QED) is 0.451. The van der Waals surface area contributed by atoms with Gasteiger partial charge in [0, 0.05) is 15.5 Å². The van der Waals surface area contributed by atoms with Crippen molar-refractivity contribution in [1.82, 2.24) is 4.90 Å². The van der Waals surface area contributed by atoms with Crippen LogP contribution in [0.2, 0.25) is 5.02 Å². The highest BCUT2D eigenvalue weighted by Gasteiger charge is 2.39. The number of carbonyl (C=O) groups is 2. The smallest absolute Gasteiger partial charge is 0.268 e. The first-order valence-corrected chi connectivity index (χ1v) is 10.9. The number of halogens is 1. The second-order valence-corrected chi connectivity index (χ2v) is 8.65. The second-order valence-electron chi connectivity index (χ2n) is 7.13. The summed E-state index contributed by atoms with van der Waals surface area (Å²) >= 11 is 7.28. The van der Waals surface area contributed by atoms with E-state index < -0.39 is 0 Å². The monoisotopic (exact) mass is 449 g/mol. The zero-order valence-electron chi connectivity index (χ0n) is 17.1. The molecule has 0 aromatic heterocycles. The third-order valence-corrected chi connectivity index (χ3v) is 6.36. The number of amides is 2. The molecule has 0 fully saturated rings. The number of thioether (sulfide) groups is 1. The van der Waals surface area contributed by atoms with Gasteiger partial charge in [-0.3, -0.25) is 14.5 Å². The maximum atomic E-state index is 13.4. The molecule has 31 heavy (non-hydrogen) atoms. The summed E-state index contributed by atoms with van der Waals surface area (Å²) in [6.07, 6.45) is 0. The Balaban J connectivity index is 1.74. The van der Waals surface area contributed by atoms with Crippen LogP contribution in [0.5, 0.6) is 5.75 Å². The van der Waals surface area contributed by atoms with Crippen LogP contribution in [-0.4, -0.2) is 23.8 Å². The molecule has 1 aliphatic rings. The van der Waals surface area contributed by atoms with Crippen molar-refractivity contribution < 1.29 is 14.3 Å². The lowest BCUT2D eigenvalue weighted by molar-refractivity contribution is -0.137. The van der Waals surface area contributed by atoms with Gasteiger partial charge in [0.2, 0.25) is 0 Å². The second kappa shape index (κ2) is 9.00. The average Bonchev–Trinajstić information content (AvgIpc) is 3.00. The van der Waals surface area contributed by atoms with E-state index in [9.17, 15) is 9.59 Å². The van der Waals surface area contributed by atoms with Crippen molar-refractivity contribution in [2.24, 2.45) is 0 Å². The van der Waals surface area contributed by atoms with Gasteiger partial charge < -0.3 is 4.74 Å². The Labute approximate surface area is 190 Å². The van der Waals surface area contributed by atoms with E-state index in [-0.39, 0.29) is 18.4 Å². The van der Waals surface area contributed by atoms with Gasteiger partial charge in [0.25, 0.3) is 11.8 Å². The summed E-state index contributed by atoms with van der Waals surface area (Å²) in [6.45, 7) is 2.12. The maximum absolute atomic E-state index is 13.4. The molecule has 0 unspecified atom stereocenters. The van der Waals surface area contributed by atoms with Crippen LogP contribution in [0.1, 0.15) is 16.7 Å². The molecule has 1 aliphatic heterocycles. The minimum absolute atomic E-state index is 0.141. The number of aryl methyl sites for hydroxylation is 1. The van der Waals surface area contributed by atoms with Crippen LogP contribution >= 0.6 is 23.4 Å². The molecule has 2 amide bonds. The van der Waals surface area contributed by atoms with Crippen LogP contribution in [0.15, 0.2) is 82.6 Å². The number of imide groups is 1. The number of hydrogen-bond acceptors (Lipinski definition) is 4. The first-order valence-electron chi connectivity index (χ1n) is 9.70. The molecule has 1 heterocycles. The maximum Gasteiger partial charge on any atom is 0.268 e.